The van der Waals surface area contributed by atoms with E-state index in [2.05, 4.69) is 184 Å². The average molecular weight is 704 g/mol. The summed E-state index contributed by atoms with van der Waals surface area (Å²) in [4.78, 5) is 0. The first-order chi connectivity index (χ1) is 27.3. The molecule has 55 heavy (non-hydrogen) atoms. The molecule has 0 spiro atoms. The molecule has 6 heterocycles. The van der Waals surface area contributed by atoms with Gasteiger partial charge >= 0.3 is 0 Å². The lowest BCUT2D eigenvalue weighted by atomic mass is 9.92. The molecule has 3 atom stereocenters. The third kappa shape index (κ3) is 3.80. The number of hydrogen-bond donors (Lipinski definition) is 0. The maximum absolute atomic E-state index is 6.76. The van der Waals surface area contributed by atoms with Crippen LogP contribution < -0.4 is 9.13 Å². The van der Waals surface area contributed by atoms with E-state index in [1.165, 1.54) is 77.2 Å². The Morgan fingerprint density at radius 1 is 0.545 bits per heavy atom. The zero-order chi connectivity index (χ0) is 35.9. The van der Waals surface area contributed by atoms with Gasteiger partial charge in [0.1, 0.15) is 11.2 Å². The number of rotatable bonds is 4. The van der Waals surface area contributed by atoms with E-state index in [0.717, 1.165) is 27.6 Å². The van der Waals surface area contributed by atoms with Crippen molar-refractivity contribution < 1.29 is 13.6 Å². The SMILES string of the molecule is C=C[n+]1ccccc1-c1cc2c3cc(-c4ccccc4)cc4c5c6oc7ccccc7c6ccc5n(c2cc1C1C2c5ccccc5-c5cccc[n+]5C12)c34. The average Bonchev–Trinajstić information content (AvgIpc) is 3.57. The van der Waals surface area contributed by atoms with Crippen LogP contribution in [-0.4, -0.2) is 4.40 Å². The molecule has 0 amide bonds. The van der Waals surface area contributed by atoms with Crippen LogP contribution in [0.1, 0.15) is 29.0 Å². The normalized spacial score (nSPS) is 17.3. The van der Waals surface area contributed by atoms with Crippen molar-refractivity contribution in [2.45, 2.75) is 17.9 Å². The van der Waals surface area contributed by atoms with Gasteiger partial charge in [-0.3, -0.25) is 0 Å². The van der Waals surface area contributed by atoms with Crippen molar-refractivity contribution in [3.63, 3.8) is 0 Å². The lowest BCUT2D eigenvalue weighted by Crippen LogP contribution is -2.37. The molecule has 4 nitrogen and oxygen atoms in total. The van der Waals surface area contributed by atoms with Gasteiger partial charge in [-0.25, -0.2) is 0 Å². The first-order valence-corrected chi connectivity index (χ1v) is 19.2. The van der Waals surface area contributed by atoms with Gasteiger partial charge in [0.15, 0.2) is 24.6 Å². The maximum Gasteiger partial charge on any atom is 0.218 e. The molecule has 4 heteroatoms. The van der Waals surface area contributed by atoms with Gasteiger partial charge in [0.2, 0.25) is 11.4 Å². The van der Waals surface area contributed by atoms with E-state index in [4.69, 9.17) is 4.42 Å². The summed E-state index contributed by atoms with van der Waals surface area (Å²) in [6, 6.07) is 56.0. The van der Waals surface area contributed by atoms with Crippen molar-refractivity contribution in [3.05, 3.63) is 182 Å². The number of pyridine rings is 2. The van der Waals surface area contributed by atoms with E-state index >= 15 is 0 Å². The van der Waals surface area contributed by atoms with Crippen molar-refractivity contribution in [1.29, 1.82) is 0 Å². The molecule has 0 saturated heterocycles. The second-order valence-corrected chi connectivity index (χ2v) is 15.3. The van der Waals surface area contributed by atoms with Crippen LogP contribution in [0.15, 0.2) is 175 Å². The molecule has 0 bridgehead atoms. The zero-order valence-electron chi connectivity index (χ0n) is 29.9. The summed E-state index contributed by atoms with van der Waals surface area (Å²) >= 11 is 0. The minimum absolute atomic E-state index is 0.288. The van der Waals surface area contributed by atoms with E-state index in [-0.39, 0.29) is 5.92 Å². The summed E-state index contributed by atoms with van der Waals surface area (Å²) in [5.41, 5.74) is 15.7. The number of hydrogen-bond acceptors (Lipinski definition) is 1. The number of furan rings is 1. The number of nitrogens with zero attached hydrogens (tertiary/aromatic N) is 3. The molecule has 1 aliphatic heterocycles. The van der Waals surface area contributed by atoms with E-state index in [1.807, 2.05) is 6.20 Å². The van der Waals surface area contributed by atoms with E-state index in [9.17, 15) is 0 Å². The highest BCUT2D eigenvalue weighted by Crippen LogP contribution is 2.66. The van der Waals surface area contributed by atoms with Crippen LogP contribution in [0.5, 0.6) is 0 Å². The van der Waals surface area contributed by atoms with Crippen molar-refractivity contribution in [1.82, 2.24) is 4.40 Å². The third-order valence-corrected chi connectivity index (χ3v) is 12.7. The molecule has 0 radical (unpaired) electrons. The van der Waals surface area contributed by atoms with Crippen LogP contribution in [0.25, 0.3) is 99.9 Å². The molecule has 3 unspecified atom stereocenters. The predicted molar refractivity (Wildman–Crippen MR) is 222 cm³/mol. The third-order valence-electron chi connectivity index (χ3n) is 12.7. The molecule has 13 rings (SSSR count). The molecule has 1 fully saturated rings. The van der Waals surface area contributed by atoms with Crippen LogP contribution in [0.3, 0.4) is 0 Å². The van der Waals surface area contributed by atoms with Gasteiger partial charge in [0, 0.05) is 56.8 Å². The van der Waals surface area contributed by atoms with Gasteiger partial charge in [-0.05, 0) is 89.5 Å². The summed E-state index contributed by atoms with van der Waals surface area (Å²) < 4.78 is 14.0. The van der Waals surface area contributed by atoms with Gasteiger partial charge in [-0.2, -0.15) is 9.13 Å². The van der Waals surface area contributed by atoms with E-state index < -0.39 is 0 Å². The summed E-state index contributed by atoms with van der Waals surface area (Å²) in [7, 11) is 0. The van der Waals surface area contributed by atoms with E-state index in [1.54, 1.807) is 0 Å². The molecule has 256 valence electrons. The summed E-state index contributed by atoms with van der Waals surface area (Å²) in [5, 5.41) is 7.19. The highest BCUT2D eigenvalue weighted by Gasteiger charge is 2.64. The minimum atomic E-state index is 0.288. The fraction of sp³-hybridized carbons (Fsp3) is 0.0588. The Hall–Kier alpha value is -7.04. The predicted octanol–water partition coefficient (Wildman–Crippen LogP) is 11.8. The zero-order valence-corrected chi connectivity index (χ0v) is 29.9. The fourth-order valence-electron chi connectivity index (χ4n) is 10.4. The second kappa shape index (κ2) is 10.6. The quantitative estimate of drug-likeness (QED) is 0.168. The first kappa shape index (κ1) is 29.4. The minimum Gasteiger partial charge on any atom is -0.455 e. The van der Waals surface area contributed by atoms with Crippen LogP contribution in [0.4, 0.5) is 0 Å². The van der Waals surface area contributed by atoms with Gasteiger partial charge < -0.3 is 8.82 Å². The molecular weight excluding hydrogens is 671 g/mol. The highest BCUT2D eigenvalue weighted by atomic mass is 16.3. The van der Waals surface area contributed by atoms with Crippen LogP contribution in [-0.2, 0) is 0 Å². The highest BCUT2D eigenvalue weighted by molar-refractivity contribution is 6.30. The topological polar surface area (TPSA) is 25.3 Å². The Labute approximate surface area is 316 Å². The Morgan fingerprint density at radius 2 is 1.31 bits per heavy atom. The van der Waals surface area contributed by atoms with Crippen LogP contribution in [0.2, 0.25) is 0 Å². The van der Waals surface area contributed by atoms with Crippen LogP contribution >= 0.6 is 0 Å². The monoisotopic (exact) mass is 703 g/mol. The number of aromatic nitrogens is 3. The molecule has 5 aromatic heterocycles. The number of benzene rings is 6. The summed E-state index contributed by atoms with van der Waals surface area (Å²) in [6.07, 6.45) is 6.32. The smallest absolute Gasteiger partial charge is 0.218 e. The molecule has 1 aliphatic carbocycles. The first-order valence-electron chi connectivity index (χ1n) is 19.2. The summed E-state index contributed by atoms with van der Waals surface area (Å²) in [5.74, 6) is 0.662. The van der Waals surface area contributed by atoms with Gasteiger partial charge in [-0.15, -0.1) is 0 Å². The Kier molecular flexibility index (Phi) is 5.64. The fourth-order valence-corrected chi connectivity index (χ4v) is 10.4. The second-order valence-electron chi connectivity index (χ2n) is 15.3. The Morgan fingerprint density at radius 3 is 2.22 bits per heavy atom. The van der Waals surface area contributed by atoms with Crippen molar-refractivity contribution in [3.8, 4) is 33.6 Å². The Balaban J connectivity index is 1.18. The van der Waals surface area contributed by atoms with Crippen LogP contribution in [0, 0.1) is 0 Å². The number of para-hydroxylation sites is 1. The van der Waals surface area contributed by atoms with Crippen molar-refractivity contribution in [2.75, 3.05) is 0 Å². The summed E-state index contributed by atoms with van der Waals surface area (Å²) in [6.45, 7) is 4.23. The lowest BCUT2D eigenvalue weighted by molar-refractivity contribution is -0.693. The maximum atomic E-state index is 6.76. The molecular formula is C51H33N3O+2. The van der Waals surface area contributed by atoms with Gasteiger partial charge in [-0.1, -0.05) is 66.7 Å². The van der Waals surface area contributed by atoms with E-state index in [0.29, 0.717) is 12.0 Å². The molecule has 6 aromatic carbocycles. The largest absolute Gasteiger partial charge is 0.455 e. The van der Waals surface area contributed by atoms with Crippen molar-refractivity contribution >= 4 is 66.2 Å². The van der Waals surface area contributed by atoms with Gasteiger partial charge in [0.05, 0.1) is 39.3 Å². The molecule has 2 aliphatic rings. The number of fused-ring (bicyclic) bond motifs is 16. The van der Waals surface area contributed by atoms with Gasteiger partial charge in [0.25, 0.3) is 0 Å². The molecule has 0 N–H and O–H groups in total. The standard InChI is InChI=1S/C51H33N3O/c1-2-52-24-12-10-19-41(52)36-28-37-39-26-31(30-14-4-3-5-15-30)27-40-46-43(23-22-35-33-17-8-9-21-45(33)55-51(35)46)54(49(39)40)44(37)29-38(36)48-47-34-18-7-6-16-32(34)42-20-11-13-25-53(42)50(47)48/h2-29,47-48,50H,1H2/q+2. The Bertz CT molecular complexity index is 3370. The lowest BCUT2D eigenvalue weighted by Gasteiger charge is -2.12. The van der Waals surface area contributed by atoms with Crippen molar-refractivity contribution in [2.24, 2.45) is 0 Å². The molecule has 1 saturated carbocycles. The molecule has 11 aromatic rings.